The van der Waals surface area contributed by atoms with E-state index in [1.54, 1.807) is 11.6 Å². The highest BCUT2D eigenvalue weighted by molar-refractivity contribution is 14.1. The molecule has 176 valence electrons. The van der Waals surface area contributed by atoms with E-state index in [-0.39, 0.29) is 24.6 Å². The number of hydrogen-bond acceptors (Lipinski definition) is 5. The van der Waals surface area contributed by atoms with Crippen molar-refractivity contribution in [2.45, 2.75) is 19.2 Å². The number of anilines is 1. The first-order valence-electron chi connectivity index (χ1n) is 10.8. The quantitative estimate of drug-likeness (QED) is 0.273. The van der Waals surface area contributed by atoms with Gasteiger partial charge < -0.3 is 9.64 Å². The maximum Gasteiger partial charge on any atom is 0.256 e. The predicted molar refractivity (Wildman–Crippen MR) is 140 cm³/mol. The van der Waals surface area contributed by atoms with Crippen LogP contribution in [-0.2, 0) is 17.9 Å². The Morgan fingerprint density at radius 2 is 2.00 bits per heavy atom. The van der Waals surface area contributed by atoms with Gasteiger partial charge in [0.05, 0.1) is 5.56 Å². The lowest BCUT2D eigenvalue weighted by Gasteiger charge is -2.27. The molecule has 0 radical (unpaired) electrons. The van der Waals surface area contributed by atoms with E-state index < -0.39 is 17.8 Å². The van der Waals surface area contributed by atoms with Crippen LogP contribution in [-0.4, -0.2) is 21.7 Å². The van der Waals surface area contributed by atoms with Crippen LogP contribution in [0.4, 0.5) is 9.52 Å². The average molecular weight is 599 g/mol. The number of nitrogens with zero attached hydrogens (tertiary/aromatic N) is 2. The van der Waals surface area contributed by atoms with E-state index in [1.165, 1.54) is 34.4 Å². The zero-order chi connectivity index (χ0) is 24.4. The number of thiazole rings is 1. The van der Waals surface area contributed by atoms with E-state index in [0.717, 1.165) is 14.7 Å². The lowest BCUT2D eigenvalue weighted by atomic mass is 10.0. The van der Waals surface area contributed by atoms with Crippen molar-refractivity contribution in [3.8, 4) is 5.75 Å². The average Bonchev–Trinajstić information content (AvgIpc) is 3.49. The molecule has 5 rings (SSSR count). The van der Waals surface area contributed by atoms with E-state index in [1.807, 2.05) is 48.5 Å². The van der Waals surface area contributed by atoms with Crippen molar-refractivity contribution in [1.82, 2.24) is 9.88 Å². The zero-order valence-corrected chi connectivity index (χ0v) is 21.3. The fourth-order valence-electron chi connectivity index (χ4n) is 4.02. The Morgan fingerprint density at radius 3 is 2.74 bits per heavy atom. The summed E-state index contributed by atoms with van der Waals surface area (Å²) in [5.74, 6) is -1.07. The number of carbonyl (C=O) groups excluding carboxylic acids is 2. The summed E-state index contributed by atoms with van der Waals surface area (Å²) in [6.07, 6.45) is 1.56. The lowest BCUT2D eigenvalue weighted by molar-refractivity contribution is -0.120. The highest BCUT2D eigenvalue weighted by Crippen LogP contribution is 2.36. The highest BCUT2D eigenvalue weighted by atomic mass is 127. The van der Waals surface area contributed by atoms with E-state index in [0.29, 0.717) is 16.4 Å². The first kappa shape index (κ1) is 23.4. The normalized spacial score (nSPS) is 13.4. The van der Waals surface area contributed by atoms with Crippen LogP contribution in [0.1, 0.15) is 33.1 Å². The number of halogens is 2. The van der Waals surface area contributed by atoms with Gasteiger partial charge in [-0.1, -0.05) is 42.5 Å². The van der Waals surface area contributed by atoms with Gasteiger partial charge in [-0.2, -0.15) is 0 Å². The molecule has 4 aromatic rings. The number of carbonyl (C=O) groups is 2. The predicted octanol–water partition coefficient (Wildman–Crippen LogP) is 5.80. The van der Waals surface area contributed by atoms with Crippen LogP contribution in [0.3, 0.4) is 0 Å². The van der Waals surface area contributed by atoms with Gasteiger partial charge in [0.25, 0.3) is 11.8 Å². The summed E-state index contributed by atoms with van der Waals surface area (Å²) in [6.45, 7) is 0.476. The third kappa shape index (κ3) is 4.92. The SMILES string of the molecule is O=C(Nc1nccs1)C(c1cc(OCc2ccccc2)ccc1F)N1Cc2cccc(I)c2C1=O. The molecule has 9 heteroatoms. The summed E-state index contributed by atoms with van der Waals surface area (Å²) in [5.41, 5.74) is 2.35. The Morgan fingerprint density at radius 1 is 1.17 bits per heavy atom. The summed E-state index contributed by atoms with van der Waals surface area (Å²) < 4.78 is 21.9. The second kappa shape index (κ2) is 10.1. The van der Waals surface area contributed by atoms with Crippen LogP contribution in [0, 0.1) is 9.39 Å². The molecule has 2 heterocycles. The molecular weight excluding hydrogens is 580 g/mol. The second-order valence-corrected chi connectivity index (χ2v) is 9.95. The van der Waals surface area contributed by atoms with Crippen LogP contribution in [0.15, 0.2) is 78.3 Å². The molecule has 1 aliphatic heterocycles. The van der Waals surface area contributed by atoms with Gasteiger partial charge in [-0.05, 0) is 58.0 Å². The number of ether oxygens (including phenoxy) is 1. The molecule has 35 heavy (non-hydrogen) atoms. The summed E-state index contributed by atoms with van der Waals surface area (Å²) in [6, 6.07) is 18.2. The van der Waals surface area contributed by atoms with Gasteiger partial charge in [-0.25, -0.2) is 9.37 Å². The Kier molecular flexibility index (Phi) is 6.78. The molecule has 0 fully saturated rings. The fraction of sp³-hybridized carbons (Fsp3) is 0.115. The molecule has 0 spiro atoms. The van der Waals surface area contributed by atoms with Crippen molar-refractivity contribution in [2.75, 3.05) is 5.32 Å². The van der Waals surface area contributed by atoms with Gasteiger partial charge in [0.2, 0.25) is 0 Å². The number of nitrogens with one attached hydrogen (secondary N) is 1. The monoisotopic (exact) mass is 599 g/mol. The van der Waals surface area contributed by atoms with Crippen LogP contribution >= 0.6 is 33.9 Å². The van der Waals surface area contributed by atoms with Crippen molar-refractivity contribution >= 4 is 50.9 Å². The van der Waals surface area contributed by atoms with Gasteiger partial charge >= 0.3 is 0 Å². The van der Waals surface area contributed by atoms with Crippen LogP contribution in [0.2, 0.25) is 0 Å². The van der Waals surface area contributed by atoms with Crippen molar-refractivity contribution in [2.24, 2.45) is 0 Å². The van der Waals surface area contributed by atoms with E-state index >= 15 is 4.39 Å². The Bertz CT molecular complexity index is 1380. The van der Waals surface area contributed by atoms with Gasteiger partial charge in [-0.3, -0.25) is 14.9 Å². The van der Waals surface area contributed by atoms with Crippen molar-refractivity contribution in [3.63, 3.8) is 0 Å². The Balaban J connectivity index is 1.50. The summed E-state index contributed by atoms with van der Waals surface area (Å²) in [5, 5.41) is 4.82. The fourth-order valence-corrected chi connectivity index (χ4v) is 5.34. The maximum atomic E-state index is 15.2. The van der Waals surface area contributed by atoms with Crippen molar-refractivity contribution in [3.05, 3.63) is 110 Å². The van der Waals surface area contributed by atoms with Gasteiger partial charge in [0.1, 0.15) is 24.2 Å². The number of amides is 2. The number of aromatic nitrogens is 1. The number of hydrogen-bond donors (Lipinski definition) is 1. The molecule has 1 N–H and O–H groups in total. The summed E-state index contributed by atoms with van der Waals surface area (Å²) >= 11 is 3.35. The first-order chi connectivity index (χ1) is 17.0. The molecule has 3 aromatic carbocycles. The minimum atomic E-state index is -1.21. The van der Waals surface area contributed by atoms with Crippen molar-refractivity contribution < 1.29 is 18.7 Å². The molecule has 0 saturated carbocycles. The standard InChI is InChI=1S/C26H19FIN3O3S/c27-20-10-9-18(34-15-16-5-2-1-3-6-16)13-19(20)23(24(32)30-26-29-11-12-35-26)31-14-17-7-4-8-21(28)22(17)25(31)33/h1-13,23H,14-15H2,(H,29,30,32). The molecule has 1 aromatic heterocycles. The molecule has 0 aliphatic carbocycles. The lowest BCUT2D eigenvalue weighted by Crippen LogP contribution is -2.38. The molecule has 2 amide bonds. The summed E-state index contributed by atoms with van der Waals surface area (Å²) in [4.78, 5) is 32.4. The highest BCUT2D eigenvalue weighted by Gasteiger charge is 2.40. The smallest absolute Gasteiger partial charge is 0.256 e. The van der Waals surface area contributed by atoms with E-state index in [4.69, 9.17) is 4.74 Å². The minimum Gasteiger partial charge on any atom is -0.489 e. The van der Waals surface area contributed by atoms with Gasteiger partial charge in [0.15, 0.2) is 5.13 Å². The molecule has 1 aliphatic rings. The van der Waals surface area contributed by atoms with Crippen LogP contribution < -0.4 is 10.1 Å². The third-order valence-electron chi connectivity index (χ3n) is 5.65. The third-order valence-corrected chi connectivity index (χ3v) is 7.24. The largest absolute Gasteiger partial charge is 0.489 e. The summed E-state index contributed by atoms with van der Waals surface area (Å²) in [7, 11) is 0. The maximum absolute atomic E-state index is 15.2. The molecule has 0 saturated heterocycles. The number of benzene rings is 3. The Labute approximate surface area is 218 Å². The van der Waals surface area contributed by atoms with Crippen molar-refractivity contribution in [1.29, 1.82) is 0 Å². The minimum absolute atomic E-state index is 0.0563. The number of fused-ring (bicyclic) bond motifs is 1. The van der Waals surface area contributed by atoms with E-state index in [2.05, 4.69) is 32.9 Å². The molecule has 6 nitrogen and oxygen atoms in total. The molecule has 0 bridgehead atoms. The molecule has 1 unspecified atom stereocenters. The van der Waals surface area contributed by atoms with Crippen LogP contribution in [0.25, 0.3) is 0 Å². The van der Waals surface area contributed by atoms with E-state index in [9.17, 15) is 9.59 Å². The van der Waals surface area contributed by atoms with Crippen LogP contribution in [0.5, 0.6) is 5.75 Å². The Hall–Kier alpha value is -3.31. The van der Waals surface area contributed by atoms with Gasteiger partial charge in [0, 0.05) is 27.3 Å². The first-order valence-corrected chi connectivity index (χ1v) is 12.7. The zero-order valence-electron chi connectivity index (χ0n) is 18.3. The molecule has 1 atom stereocenters. The molecular formula is C26H19FIN3O3S. The van der Waals surface area contributed by atoms with Gasteiger partial charge in [-0.15, -0.1) is 11.3 Å². The number of rotatable bonds is 7. The second-order valence-electron chi connectivity index (χ2n) is 7.89. The topological polar surface area (TPSA) is 71.5 Å².